The molecule has 0 aliphatic heterocycles. The normalized spacial score (nSPS) is 15.0. The Labute approximate surface area is 225 Å². The third-order valence-corrected chi connectivity index (χ3v) is 7.70. The number of tetrazole rings is 1. The zero-order valence-electron chi connectivity index (χ0n) is 21.2. The lowest BCUT2D eigenvalue weighted by Crippen LogP contribution is -2.35. The van der Waals surface area contributed by atoms with Gasteiger partial charge in [0, 0.05) is 17.1 Å². The van der Waals surface area contributed by atoms with E-state index < -0.39 is 6.04 Å². The van der Waals surface area contributed by atoms with Gasteiger partial charge in [-0.3, -0.25) is 9.69 Å². The minimum absolute atomic E-state index is 0.154. The minimum atomic E-state index is -0.514. The van der Waals surface area contributed by atoms with Gasteiger partial charge >= 0.3 is 0 Å². The van der Waals surface area contributed by atoms with Crippen LogP contribution in [0.15, 0.2) is 76.1 Å². The van der Waals surface area contributed by atoms with Crippen LogP contribution in [0.3, 0.4) is 0 Å². The molecule has 3 heterocycles. The number of para-hydroxylation sites is 1. The first kappa shape index (κ1) is 24.6. The topological polar surface area (TPSA) is 92.8 Å². The van der Waals surface area contributed by atoms with E-state index in [1.54, 1.807) is 6.26 Å². The van der Waals surface area contributed by atoms with Crippen LogP contribution in [0.5, 0.6) is 0 Å². The van der Waals surface area contributed by atoms with Crippen LogP contribution in [-0.4, -0.2) is 30.1 Å². The number of halogens is 1. The molecule has 0 spiro atoms. The molecule has 194 valence electrons. The van der Waals surface area contributed by atoms with Gasteiger partial charge in [-0.15, -0.1) is 5.10 Å². The number of aryl methyl sites for hydroxylation is 1. The van der Waals surface area contributed by atoms with Crippen LogP contribution in [0.1, 0.15) is 66.0 Å². The SMILES string of the molecule is Cc1cccc2cc([C@H](c3nnnn3C3CCCC3)N(Cc3ccc(Cl)cc3)Cc3ccco3)c(=O)[nH]c12. The fraction of sp³-hybridized carbons (Fsp3) is 0.310. The molecule has 1 atom stereocenters. The van der Waals surface area contributed by atoms with Crippen molar-refractivity contribution < 1.29 is 4.42 Å². The highest BCUT2D eigenvalue weighted by atomic mass is 35.5. The van der Waals surface area contributed by atoms with Crippen molar-refractivity contribution >= 4 is 22.5 Å². The average molecular weight is 529 g/mol. The van der Waals surface area contributed by atoms with Crippen molar-refractivity contribution in [3.63, 3.8) is 0 Å². The molecular formula is C29H29ClN6O2. The molecule has 1 aliphatic rings. The van der Waals surface area contributed by atoms with Gasteiger partial charge in [0.2, 0.25) is 0 Å². The Morgan fingerprint density at radius 1 is 1.11 bits per heavy atom. The van der Waals surface area contributed by atoms with E-state index >= 15 is 0 Å². The molecule has 6 rings (SSSR count). The number of furan rings is 1. The zero-order chi connectivity index (χ0) is 26.1. The number of benzene rings is 2. The Bertz CT molecular complexity index is 1590. The fourth-order valence-electron chi connectivity index (χ4n) is 5.56. The third-order valence-electron chi connectivity index (χ3n) is 7.45. The van der Waals surface area contributed by atoms with Crippen molar-refractivity contribution in [2.45, 2.75) is 57.8 Å². The smallest absolute Gasteiger partial charge is 0.253 e. The molecule has 8 nitrogen and oxygen atoms in total. The molecule has 0 radical (unpaired) electrons. The molecule has 0 bridgehead atoms. The number of aromatic nitrogens is 5. The lowest BCUT2D eigenvalue weighted by Gasteiger charge is -2.31. The molecule has 1 aliphatic carbocycles. The van der Waals surface area contributed by atoms with Crippen molar-refractivity contribution in [1.29, 1.82) is 0 Å². The molecule has 9 heteroatoms. The molecule has 2 aromatic carbocycles. The Morgan fingerprint density at radius 3 is 2.68 bits per heavy atom. The lowest BCUT2D eigenvalue weighted by molar-refractivity contribution is 0.176. The van der Waals surface area contributed by atoms with Crippen LogP contribution in [0, 0.1) is 6.92 Å². The summed E-state index contributed by atoms with van der Waals surface area (Å²) in [6.07, 6.45) is 6.00. The fourth-order valence-corrected chi connectivity index (χ4v) is 5.68. The predicted octanol–water partition coefficient (Wildman–Crippen LogP) is 5.98. The van der Waals surface area contributed by atoms with Gasteiger partial charge < -0.3 is 9.40 Å². The van der Waals surface area contributed by atoms with Gasteiger partial charge in [0.1, 0.15) is 11.8 Å². The number of aromatic amines is 1. The van der Waals surface area contributed by atoms with Gasteiger partial charge in [0.25, 0.3) is 5.56 Å². The Hall–Kier alpha value is -3.75. The standard InChI is InChI=1S/C29H29ClN6O2/c1-19-6-4-7-21-16-25(29(37)31-26(19)21)27(28-32-33-34-36(28)23-8-2-3-9-23)35(18-24-10-5-15-38-24)17-20-11-13-22(30)14-12-20/h4-7,10-16,23,27H,2-3,8-9,17-18H2,1H3,(H,31,37)/t27-/m1/s1. The van der Waals surface area contributed by atoms with Gasteiger partial charge in [-0.25, -0.2) is 4.68 Å². The second-order valence-electron chi connectivity index (χ2n) is 10.0. The van der Waals surface area contributed by atoms with Crippen LogP contribution in [0.25, 0.3) is 10.9 Å². The molecule has 1 N–H and O–H groups in total. The molecule has 38 heavy (non-hydrogen) atoms. The average Bonchev–Trinajstić information content (AvgIpc) is 3.70. The third kappa shape index (κ3) is 4.89. The van der Waals surface area contributed by atoms with Gasteiger partial charge in [0.15, 0.2) is 5.82 Å². The van der Waals surface area contributed by atoms with Crippen molar-refractivity contribution in [3.05, 3.63) is 111 Å². The summed E-state index contributed by atoms with van der Waals surface area (Å²) in [6.45, 7) is 2.99. The highest BCUT2D eigenvalue weighted by Crippen LogP contribution is 2.35. The first-order valence-electron chi connectivity index (χ1n) is 13.0. The predicted molar refractivity (Wildman–Crippen MR) is 146 cm³/mol. The van der Waals surface area contributed by atoms with E-state index in [1.807, 2.05) is 72.3 Å². The molecule has 0 amide bonds. The summed E-state index contributed by atoms with van der Waals surface area (Å²) >= 11 is 6.18. The molecule has 0 unspecified atom stereocenters. The van der Waals surface area contributed by atoms with E-state index in [-0.39, 0.29) is 11.6 Å². The Morgan fingerprint density at radius 2 is 1.92 bits per heavy atom. The number of pyridine rings is 1. The second-order valence-corrected chi connectivity index (χ2v) is 10.5. The molecule has 0 saturated heterocycles. The van der Waals surface area contributed by atoms with Crippen LogP contribution >= 0.6 is 11.6 Å². The molecule has 1 fully saturated rings. The minimum Gasteiger partial charge on any atom is -0.468 e. The van der Waals surface area contributed by atoms with Gasteiger partial charge in [-0.2, -0.15) is 0 Å². The monoisotopic (exact) mass is 528 g/mol. The summed E-state index contributed by atoms with van der Waals surface area (Å²) in [5.74, 6) is 1.45. The van der Waals surface area contributed by atoms with E-state index in [4.69, 9.17) is 16.0 Å². The lowest BCUT2D eigenvalue weighted by atomic mass is 10.0. The van der Waals surface area contributed by atoms with Gasteiger partial charge in [-0.1, -0.05) is 54.8 Å². The van der Waals surface area contributed by atoms with Crippen molar-refractivity contribution in [2.24, 2.45) is 0 Å². The van der Waals surface area contributed by atoms with Gasteiger partial charge in [0.05, 0.1) is 24.4 Å². The number of fused-ring (bicyclic) bond motifs is 1. The van der Waals surface area contributed by atoms with Crippen LogP contribution in [0.2, 0.25) is 5.02 Å². The molecule has 1 saturated carbocycles. The molecular weight excluding hydrogens is 500 g/mol. The number of rotatable bonds is 8. The maximum Gasteiger partial charge on any atom is 0.253 e. The largest absolute Gasteiger partial charge is 0.468 e. The Balaban J connectivity index is 1.53. The summed E-state index contributed by atoms with van der Waals surface area (Å²) in [5.41, 5.74) is 3.35. The van der Waals surface area contributed by atoms with Crippen molar-refractivity contribution in [2.75, 3.05) is 0 Å². The zero-order valence-corrected chi connectivity index (χ0v) is 21.9. The quantitative estimate of drug-likeness (QED) is 0.266. The summed E-state index contributed by atoms with van der Waals surface area (Å²) in [6, 6.07) is 19.3. The molecule has 3 aromatic heterocycles. The maximum absolute atomic E-state index is 13.8. The van der Waals surface area contributed by atoms with E-state index in [0.29, 0.717) is 29.5 Å². The maximum atomic E-state index is 13.8. The van der Waals surface area contributed by atoms with E-state index in [0.717, 1.165) is 53.5 Å². The first-order valence-corrected chi connectivity index (χ1v) is 13.4. The number of hydrogen-bond acceptors (Lipinski definition) is 6. The summed E-state index contributed by atoms with van der Waals surface area (Å²) in [4.78, 5) is 19.1. The van der Waals surface area contributed by atoms with E-state index in [1.165, 1.54) is 0 Å². The number of hydrogen-bond donors (Lipinski definition) is 1. The van der Waals surface area contributed by atoms with Crippen LogP contribution < -0.4 is 5.56 Å². The van der Waals surface area contributed by atoms with E-state index in [9.17, 15) is 4.79 Å². The summed E-state index contributed by atoms with van der Waals surface area (Å²) < 4.78 is 7.70. The van der Waals surface area contributed by atoms with Crippen molar-refractivity contribution in [3.8, 4) is 0 Å². The van der Waals surface area contributed by atoms with Crippen molar-refractivity contribution in [1.82, 2.24) is 30.1 Å². The highest BCUT2D eigenvalue weighted by Gasteiger charge is 2.34. The van der Waals surface area contributed by atoms with Gasteiger partial charge in [-0.05, 0) is 77.0 Å². The summed E-state index contributed by atoms with van der Waals surface area (Å²) in [7, 11) is 0. The van der Waals surface area contributed by atoms with Crippen LogP contribution in [-0.2, 0) is 13.1 Å². The number of H-pyrrole nitrogens is 1. The van der Waals surface area contributed by atoms with E-state index in [2.05, 4.69) is 25.4 Å². The number of nitrogens with zero attached hydrogens (tertiary/aromatic N) is 5. The first-order chi connectivity index (χ1) is 18.6. The second kappa shape index (κ2) is 10.6. The van der Waals surface area contributed by atoms with Crippen LogP contribution in [0.4, 0.5) is 0 Å². The Kier molecular flexibility index (Phi) is 6.82. The molecule has 5 aromatic rings. The summed E-state index contributed by atoms with van der Waals surface area (Å²) in [5, 5.41) is 14.7. The highest BCUT2D eigenvalue weighted by molar-refractivity contribution is 6.30. The number of nitrogens with one attached hydrogen (secondary N) is 1.